The smallest absolute Gasteiger partial charge is 0.333 e. The van der Waals surface area contributed by atoms with Crippen LogP contribution >= 0.6 is 0 Å². The summed E-state index contributed by atoms with van der Waals surface area (Å²) in [4.78, 5) is 42.6. The summed E-state index contributed by atoms with van der Waals surface area (Å²) < 4.78 is 4.72. The maximum absolute atomic E-state index is 10.7. The maximum atomic E-state index is 10.7. The number of carbonyl (C=O) groups is 3. The highest BCUT2D eigenvalue weighted by Gasteiger charge is 2.00. The lowest BCUT2D eigenvalue weighted by Crippen LogP contribution is -2.06. The van der Waals surface area contributed by atoms with Gasteiger partial charge >= 0.3 is 5.97 Å². The Morgan fingerprint density at radius 1 is 1.29 bits per heavy atom. The van der Waals surface area contributed by atoms with E-state index in [4.69, 9.17) is 4.74 Å². The van der Waals surface area contributed by atoms with Crippen LogP contribution in [-0.4, -0.2) is 36.9 Å². The fourth-order valence-electron chi connectivity index (χ4n) is 0.477. The van der Waals surface area contributed by atoms with Gasteiger partial charge in [0.25, 0.3) is 0 Å². The molecule has 0 rings (SSSR count). The van der Waals surface area contributed by atoms with Crippen molar-refractivity contribution in [3.05, 3.63) is 24.8 Å². The SMILES string of the molecule is C=C(C)C(=O)OCCCN=C=O.C=CC(N)=O.CC(C)=O. The van der Waals surface area contributed by atoms with Crippen molar-refractivity contribution >= 4 is 23.7 Å². The summed E-state index contributed by atoms with van der Waals surface area (Å²) in [6.07, 6.45) is 2.99. The number of hydrogen-bond acceptors (Lipinski definition) is 6. The van der Waals surface area contributed by atoms with Crippen LogP contribution in [0.15, 0.2) is 29.8 Å². The number of ether oxygens (including phenoxy) is 1. The molecular formula is C14H22N2O5. The van der Waals surface area contributed by atoms with Gasteiger partial charge in [-0.3, -0.25) is 4.79 Å². The molecule has 0 saturated carbocycles. The zero-order valence-electron chi connectivity index (χ0n) is 12.7. The number of ketones is 1. The summed E-state index contributed by atoms with van der Waals surface area (Å²) in [6, 6.07) is 0. The third-order valence-electron chi connectivity index (χ3n) is 1.26. The Labute approximate surface area is 124 Å². The molecule has 0 aromatic rings. The Morgan fingerprint density at radius 2 is 1.71 bits per heavy atom. The van der Waals surface area contributed by atoms with Crippen LogP contribution in [0.3, 0.4) is 0 Å². The van der Waals surface area contributed by atoms with Crippen molar-refractivity contribution in [3.8, 4) is 0 Å². The first-order chi connectivity index (χ1) is 9.68. The number of primary amides is 1. The van der Waals surface area contributed by atoms with E-state index in [2.05, 4.69) is 23.9 Å². The van der Waals surface area contributed by atoms with Crippen molar-refractivity contribution in [1.29, 1.82) is 0 Å². The van der Waals surface area contributed by atoms with Gasteiger partial charge in [0.05, 0.1) is 13.2 Å². The van der Waals surface area contributed by atoms with E-state index in [9.17, 15) is 19.2 Å². The average molecular weight is 298 g/mol. The Bertz CT molecular complexity index is 406. The van der Waals surface area contributed by atoms with Crippen molar-refractivity contribution < 1.29 is 23.9 Å². The molecule has 0 bridgehead atoms. The van der Waals surface area contributed by atoms with Crippen LogP contribution in [-0.2, 0) is 23.9 Å². The molecule has 0 aliphatic rings. The van der Waals surface area contributed by atoms with Gasteiger partial charge < -0.3 is 15.3 Å². The minimum atomic E-state index is -0.481. The zero-order valence-corrected chi connectivity index (χ0v) is 12.7. The van der Waals surface area contributed by atoms with E-state index in [1.165, 1.54) is 19.9 Å². The number of hydrogen-bond donors (Lipinski definition) is 1. The lowest BCUT2D eigenvalue weighted by molar-refractivity contribution is -0.139. The first-order valence-electron chi connectivity index (χ1n) is 5.94. The molecule has 0 aromatic heterocycles. The molecular weight excluding hydrogens is 276 g/mol. The van der Waals surface area contributed by atoms with E-state index in [1.807, 2.05) is 0 Å². The standard InChI is InChI=1S/C8H11NO3.C3H5NO.C3H6O/c1-7(2)8(11)12-5-3-4-9-6-10;1-2-3(4)5;1-3(2)4/h1,3-5H2,2H3;2H,1H2,(H2,4,5);1-2H3. The molecule has 21 heavy (non-hydrogen) atoms. The first-order valence-corrected chi connectivity index (χ1v) is 5.94. The molecule has 0 spiro atoms. The molecule has 0 aromatic carbocycles. The van der Waals surface area contributed by atoms with Gasteiger partial charge in [0.2, 0.25) is 12.0 Å². The molecule has 0 heterocycles. The number of nitrogens with two attached hydrogens (primary N) is 1. The second-order valence-corrected chi connectivity index (χ2v) is 3.76. The summed E-state index contributed by atoms with van der Waals surface area (Å²) in [5.41, 5.74) is 4.90. The fraction of sp³-hybridized carbons (Fsp3) is 0.429. The van der Waals surface area contributed by atoms with Gasteiger partial charge in [-0.15, -0.1) is 0 Å². The molecule has 118 valence electrons. The molecule has 1 amide bonds. The van der Waals surface area contributed by atoms with Gasteiger partial charge in [-0.1, -0.05) is 13.2 Å². The number of Topliss-reactive ketones (excluding diaryl/α,β-unsaturated/α-hetero) is 1. The highest BCUT2D eigenvalue weighted by molar-refractivity contribution is 5.86. The van der Waals surface area contributed by atoms with Gasteiger partial charge in [0.1, 0.15) is 5.78 Å². The number of nitrogens with zero attached hydrogens (tertiary/aromatic N) is 1. The number of esters is 1. The highest BCUT2D eigenvalue weighted by Crippen LogP contribution is 1.93. The number of amides is 1. The lowest BCUT2D eigenvalue weighted by Gasteiger charge is -2.00. The Morgan fingerprint density at radius 3 is 2.00 bits per heavy atom. The summed E-state index contributed by atoms with van der Waals surface area (Å²) >= 11 is 0. The Hall–Kier alpha value is -2.53. The van der Waals surface area contributed by atoms with E-state index in [0.29, 0.717) is 18.5 Å². The molecule has 2 N–H and O–H groups in total. The van der Waals surface area contributed by atoms with Crippen LogP contribution in [0.2, 0.25) is 0 Å². The molecule has 7 heteroatoms. The topological polar surface area (TPSA) is 116 Å². The number of isocyanates is 1. The molecule has 0 radical (unpaired) electrons. The van der Waals surface area contributed by atoms with Crippen LogP contribution in [0.5, 0.6) is 0 Å². The van der Waals surface area contributed by atoms with Gasteiger partial charge in [0.15, 0.2) is 0 Å². The van der Waals surface area contributed by atoms with Crippen molar-refractivity contribution in [2.24, 2.45) is 10.7 Å². The number of carbonyl (C=O) groups excluding carboxylic acids is 4. The van der Waals surface area contributed by atoms with Crippen molar-refractivity contribution in [3.63, 3.8) is 0 Å². The third kappa shape index (κ3) is 38.1. The Balaban J connectivity index is -0.000000297. The van der Waals surface area contributed by atoms with Crippen molar-refractivity contribution in [2.45, 2.75) is 27.2 Å². The van der Waals surface area contributed by atoms with Crippen molar-refractivity contribution in [2.75, 3.05) is 13.2 Å². The molecule has 0 atom stereocenters. The quantitative estimate of drug-likeness (QED) is 0.259. The number of aliphatic imine (C=N–C) groups is 1. The summed E-state index contributed by atoms with van der Waals surface area (Å²) in [7, 11) is 0. The zero-order chi connectivity index (χ0) is 17.3. The first kappa shape index (κ1) is 23.6. The van der Waals surface area contributed by atoms with Crippen LogP contribution in [0.4, 0.5) is 0 Å². The van der Waals surface area contributed by atoms with Crippen LogP contribution in [0.25, 0.3) is 0 Å². The van der Waals surface area contributed by atoms with Crippen LogP contribution < -0.4 is 5.73 Å². The van der Waals surface area contributed by atoms with E-state index < -0.39 is 11.9 Å². The molecule has 0 unspecified atom stereocenters. The average Bonchev–Trinajstić information content (AvgIpc) is 2.38. The van der Waals surface area contributed by atoms with Gasteiger partial charge in [-0.25, -0.2) is 14.6 Å². The van der Waals surface area contributed by atoms with E-state index in [1.54, 1.807) is 6.92 Å². The summed E-state index contributed by atoms with van der Waals surface area (Å²) in [5, 5.41) is 0. The third-order valence-corrected chi connectivity index (χ3v) is 1.26. The maximum Gasteiger partial charge on any atom is 0.333 e. The largest absolute Gasteiger partial charge is 0.462 e. The second-order valence-electron chi connectivity index (χ2n) is 3.76. The molecule has 7 nitrogen and oxygen atoms in total. The number of rotatable bonds is 6. The van der Waals surface area contributed by atoms with E-state index in [0.717, 1.165) is 6.08 Å². The Kier molecular flexibility index (Phi) is 19.6. The monoisotopic (exact) mass is 298 g/mol. The van der Waals surface area contributed by atoms with Gasteiger partial charge in [-0.05, 0) is 26.8 Å². The molecule has 0 aliphatic carbocycles. The normalized spacial score (nSPS) is 7.57. The van der Waals surface area contributed by atoms with E-state index >= 15 is 0 Å². The summed E-state index contributed by atoms with van der Waals surface area (Å²) in [6.45, 7) is 11.7. The lowest BCUT2D eigenvalue weighted by atomic mass is 10.4. The van der Waals surface area contributed by atoms with Crippen molar-refractivity contribution in [1.82, 2.24) is 0 Å². The minimum Gasteiger partial charge on any atom is -0.462 e. The van der Waals surface area contributed by atoms with E-state index in [-0.39, 0.29) is 12.4 Å². The van der Waals surface area contributed by atoms with Gasteiger partial charge in [0, 0.05) is 12.0 Å². The molecule has 0 saturated heterocycles. The summed E-state index contributed by atoms with van der Waals surface area (Å²) in [5.74, 6) is -0.727. The van der Waals surface area contributed by atoms with Gasteiger partial charge in [-0.2, -0.15) is 0 Å². The van der Waals surface area contributed by atoms with Crippen LogP contribution in [0.1, 0.15) is 27.2 Å². The predicted octanol–water partition coefficient (Wildman–Crippen LogP) is 1.08. The fourth-order valence-corrected chi connectivity index (χ4v) is 0.477. The predicted molar refractivity (Wildman–Crippen MR) is 79.1 cm³/mol. The second kappa shape index (κ2) is 17.5. The molecule has 0 aliphatic heterocycles. The highest BCUT2D eigenvalue weighted by atomic mass is 16.5. The molecule has 0 fully saturated rings. The van der Waals surface area contributed by atoms with Crippen LogP contribution in [0, 0.1) is 0 Å². The minimum absolute atomic E-state index is 0.167.